The molecule has 3 aliphatic heterocycles. The molecule has 67 heavy (non-hydrogen) atoms. The predicted molar refractivity (Wildman–Crippen MR) is 259 cm³/mol. The fourth-order valence-electron chi connectivity index (χ4n) is 9.38. The minimum absolute atomic E-state index is 0.0667. The zero-order chi connectivity index (χ0) is 46.6. The van der Waals surface area contributed by atoms with Crippen LogP contribution in [0.2, 0.25) is 0 Å². The summed E-state index contributed by atoms with van der Waals surface area (Å²) < 4.78 is 2.05. The van der Waals surface area contributed by atoms with Gasteiger partial charge in [0.05, 0.1) is 30.5 Å². The van der Waals surface area contributed by atoms with Gasteiger partial charge >= 0.3 is 12.1 Å². The van der Waals surface area contributed by atoms with Crippen molar-refractivity contribution in [2.75, 3.05) is 68.4 Å². The molecule has 4 N–H and O–H groups in total. The molecule has 0 saturated carbocycles. The van der Waals surface area contributed by atoms with Crippen LogP contribution in [0.5, 0.6) is 5.75 Å². The fourth-order valence-corrected chi connectivity index (χ4v) is 9.38. The van der Waals surface area contributed by atoms with Gasteiger partial charge in [-0.05, 0) is 65.7 Å². The maximum atomic E-state index is 14.8. The molecule has 6 amide bonds. The highest BCUT2D eigenvalue weighted by molar-refractivity contribution is 6.01. The number of amides is 6. The first-order valence-electron chi connectivity index (χ1n) is 22.5. The maximum Gasteiger partial charge on any atom is 0.334 e. The van der Waals surface area contributed by atoms with Crippen molar-refractivity contribution in [2.24, 2.45) is 7.05 Å². The molecular weight excluding hydrogens is 847 g/mol. The highest BCUT2D eigenvalue weighted by Gasteiger charge is 2.51. The summed E-state index contributed by atoms with van der Waals surface area (Å²) in [6.45, 7) is 8.37. The van der Waals surface area contributed by atoms with Crippen molar-refractivity contribution >= 4 is 52.0 Å². The number of nitrogens with zero attached hydrogens (tertiary/aromatic N) is 8. The van der Waals surface area contributed by atoms with Gasteiger partial charge in [-0.3, -0.25) is 9.59 Å². The number of hydrogen-bond donors (Lipinski definition) is 4. The maximum absolute atomic E-state index is 14.8. The number of hydrogen-bond acceptors (Lipinski definition) is 9. The van der Waals surface area contributed by atoms with E-state index in [2.05, 4.69) is 61.2 Å². The SMILES string of the molecule is C=CCN1CC(=O)N2[C@@H](Cc3ccc(O)cc3)C(=O)N(Cc3cccc4c(-c5ccc(NC(=O)Nc6ccc(N7CCN(C)CC7)nc6)cc5)cn(C)c34)C[C@@H]2N1C(=O)NCc1ccccc1. The van der Waals surface area contributed by atoms with E-state index in [1.807, 2.05) is 85.9 Å². The normalized spacial score (nSPS) is 17.9. The standard InChI is InChI=1S/C51H55N11O5/c1-4-23-60-34-47(64)61-44(28-35-13-20-41(63)21-14-35)49(65)59(33-46(61)62(60)51(67)53-29-36-9-6-5-7-10-36)31-38-11-8-12-42-43(32-57(3)48(38)42)37-15-17-39(18-16-37)54-50(66)55-40-19-22-45(52-30-40)58-26-24-56(2)25-27-58/h4-22,30,32,44,46,63H,1,23-29,31,33-34H2,2-3H3,(H,53,67)(H2,54,55,66)/t44-,46-/m0/s1. The number of carbonyl (C=O) groups excluding carboxylic acids is 4. The number of rotatable bonds is 12. The fraction of sp³-hybridized carbons (Fsp3) is 0.275. The summed E-state index contributed by atoms with van der Waals surface area (Å²) in [6.07, 6.45) is 4.75. The van der Waals surface area contributed by atoms with Crippen LogP contribution in [-0.4, -0.2) is 128 Å². The Morgan fingerprint density at radius 1 is 0.836 bits per heavy atom. The van der Waals surface area contributed by atoms with Crippen molar-refractivity contribution < 1.29 is 24.3 Å². The first-order valence-corrected chi connectivity index (χ1v) is 22.5. The number of urea groups is 2. The number of hydrazine groups is 1. The summed E-state index contributed by atoms with van der Waals surface area (Å²) in [5, 5.41) is 23.1. The molecule has 0 spiro atoms. The van der Waals surface area contributed by atoms with Gasteiger partial charge in [0.15, 0.2) is 0 Å². The molecule has 16 heteroatoms. The second-order valence-electron chi connectivity index (χ2n) is 17.3. The number of nitrogens with one attached hydrogen (secondary N) is 3. The number of carbonyl (C=O) groups is 4. The van der Waals surface area contributed by atoms with E-state index in [-0.39, 0.29) is 62.7 Å². The Hall–Kier alpha value is -7.69. The van der Waals surface area contributed by atoms with Crippen molar-refractivity contribution in [3.8, 4) is 16.9 Å². The quantitative estimate of drug-likeness (QED) is 0.107. The number of phenols is 1. The van der Waals surface area contributed by atoms with Crippen molar-refractivity contribution in [1.82, 2.24) is 39.6 Å². The molecule has 3 aliphatic rings. The van der Waals surface area contributed by atoms with Crippen LogP contribution in [-0.2, 0) is 36.1 Å². The summed E-state index contributed by atoms with van der Waals surface area (Å²) >= 11 is 0. The van der Waals surface area contributed by atoms with Gasteiger partial charge in [-0.15, -0.1) is 6.58 Å². The van der Waals surface area contributed by atoms with Crippen LogP contribution in [0.1, 0.15) is 16.7 Å². The van der Waals surface area contributed by atoms with Gasteiger partial charge in [-0.2, -0.15) is 0 Å². The van der Waals surface area contributed by atoms with Gasteiger partial charge in [0.2, 0.25) is 11.8 Å². The zero-order valence-electron chi connectivity index (χ0n) is 37.7. The van der Waals surface area contributed by atoms with Gasteiger partial charge in [0, 0.05) is 82.1 Å². The molecule has 5 heterocycles. The molecule has 6 aromatic rings. The van der Waals surface area contributed by atoms with Crippen LogP contribution in [0, 0.1) is 0 Å². The summed E-state index contributed by atoms with van der Waals surface area (Å²) in [5.74, 6) is 0.478. The first-order chi connectivity index (χ1) is 32.5. The molecule has 344 valence electrons. The van der Waals surface area contributed by atoms with E-state index in [4.69, 9.17) is 0 Å². The number of piperazine rings is 2. The summed E-state index contributed by atoms with van der Waals surface area (Å²) in [4.78, 5) is 68.7. The largest absolute Gasteiger partial charge is 0.508 e. The number of benzene rings is 4. The van der Waals surface area contributed by atoms with Crippen molar-refractivity contribution in [1.29, 1.82) is 0 Å². The molecule has 2 atom stereocenters. The lowest BCUT2D eigenvalue weighted by Gasteiger charge is -2.55. The van der Waals surface area contributed by atoms with E-state index < -0.39 is 18.2 Å². The van der Waals surface area contributed by atoms with Crippen molar-refractivity contribution in [2.45, 2.75) is 31.7 Å². The van der Waals surface area contributed by atoms with E-state index in [9.17, 15) is 24.3 Å². The van der Waals surface area contributed by atoms with Gasteiger partial charge in [-0.1, -0.05) is 78.9 Å². The zero-order valence-corrected chi connectivity index (χ0v) is 37.7. The third-order valence-electron chi connectivity index (χ3n) is 12.8. The van der Waals surface area contributed by atoms with Crippen molar-refractivity contribution in [3.05, 3.63) is 151 Å². The number of para-hydroxylation sites is 1. The Morgan fingerprint density at radius 2 is 1.57 bits per heavy atom. The summed E-state index contributed by atoms with van der Waals surface area (Å²) in [6, 6.07) is 32.0. The minimum Gasteiger partial charge on any atom is -0.508 e. The highest BCUT2D eigenvalue weighted by atomic mass is 16.3. The van der Waals surface area contributed by atoms with Crippen LogP contribution < -0.4 is 20.9 Å². The minimum atomic E-state index is -0.923. The van der Waals surface area contributed by atoms with Gasteiger partial charge in [0.1, 0.15) is 23.8 Å². The first kappa shape index (κ1) is 44.5. The van der Waals surface area contributed by atoms with Gasteiger partial charge in [-0.25, -0.2) is 24.6 Å². The van der Waals surface area contributed by atoms with Crippen LogP contribution in [0.4, 0.5) is 26.8 Å². The van der Waals surface area contributed by atoms with E-state index in [0.717, 1.165) is 70.7 Å². The van der Waals surface area contributed by atoms with E-state index >= 15 is 0 Å². The van der Waals surface area contributed by atoms with Crippen LogP contribution in [0.25, 0.3) is 22.0 Å². The van der Waals surface area contributed by atoms with Crippen LogP contribution in [0.15, 0.2) is 134 Å². The number of phenolic OH excluding ortho intramolecular Hbond substituents is 1. The second-order valence-corrected chi connectivity index (χ2v) is 17.3. The monoisotopic (exact) mass is 901 g/mol. The Morgan fingerprint density at radius 3 is 2.28 bits per heavy atom. The number of aromatic nitrogens is 2. The predicted octanol–water partition coefficient (Wildman–Crippen LogP) is 6.08. The number of pyridine rings is 1. The Balaban J connectivity index is 0.948. The topological polar surface area (TPSA) is 162 Å². The lowest BCUT2D eigenvalue weighted by Crippen LogP contribution is -2.76. The number of aryl methyl sites for hydroxylation is 1. The molecule has 2 aromatic heterocycles. The van der Waals surface area contributed by atoms with Gasteiger partial charge in [0.25, 0.3) is 0 Å². The average Bonchev–Trinajstić information content (AvgIpc) is 3.68. The number of likely N-dealkylation sites (N-methyl/N-ethyl adjacent to an activating group) is 1. The summed E-state index contributed by atoms with van der Waals surface area (Å²) in [7, 11) is 4.09. The Labute approximate surface area is 389 Å². The number of fused-ring (bicyclic) bond motifs is 2. The van der Waals surface area contributed by atoms with E-state index in [0.29, 0.717) is 11.4 Å². The Bertz CT molecular complexity index is 2760. The lowest BCUT2D eigenvalue weighted by atomic mass is 9.97. The number of anilines is 3. The third-order valence-corrected chi connectivity index (χ3v) is 12.8. The van der Waals surface area contributed by atoms with E-state index in [1.54, 1.807) is 56.4 Å². The second kappa shape index (κ2) is 19.4. The van der Waals surface area contributed by atoms with Crippen LogP contribution >= 0.6 is 0 Å². The van der Waals surface area contributed by atoms with Crippen LogP contribution in [0.3, 0.4) is 0 Å². The molecule has 0 bridgehead atoms. The molecule has 4 aromatic carbocycles. The molecule has 0 unspecified atom stereocenters. The molecular formula is C51H55N11O5. The lowest BCUT2D eigenvalue weighted by molar-refractivity contribution is -0.189. The molecule has 0 aliphatic carbocycles. The molecule has 9 rings (SSSR count). The third kappa shape index (κ3) is 9.67. The van der Waals surface area contributed by atoms with E-state index in [1.165, 1.54) is 0 Å². The average molecular weight is 902 g/mol. The number of aromatic hydroxyl groups is 1. The molecule has 3 fully saturated rings. The molecule has 16 nitrogen and oxygen atoms in total. The molecule has 3 saturated heterocycles. The smallest absolute Gasteiger partial charge is 0.334 e. The highest BCUT2D eigenvalue weighted by Crippen LogP contribution is 2.35. The van der Waals surface area contributed by atoms with Gasteiger partial charge < -0.3 is 45.2 Å². The molecule has 0 radical (unpaired) electrons. The van der Waals surface area contributed by atoms with Crippen molar-refractivity contribution in [3.63, 3.8) is 0 Å². The summed E-state index contributed by atoms with van der Waals surface area (Å²) in [5.41, 5.74) is 6.64. The Kier molecular flexibility index (Phi) is 12.9.